The van der Waals surface area contributed by atoms with Gasteiger partial charge >= 0.3 is 0 Å². The average molecular weight is 324 g/mol. The Balaban J connectivity index is 1.89. The highest BCUT2D eigenvalue weighted by atomic mass is 35.5. The molecule has 110 valence electrons. The first kappa shape index (κ1) is 14.4. The number of aryl methyl sites for hydroxylation is 1. The molecular formula is C14H15Cl2N5. The second-order valence-electron chi connectivity index (χ2n) is 5.03. The fourth-order valence-electron chi connectivity index (χ4n) is 2.31. The molecule has 1 fully saturated rings. The molecule has 0 spiro atoms. The number of anilines is 3. The molecular weight excluding hydrogens is 309 g/mol. The standard InChI is InChI=1S/C14H15Cl2N5/c1-9-4-5-10(15)11(8-9)17-13-18-12(16)19-14(20-13)21-6-2-3-7-21/h4-5,8H,2-3,6-7H2,1H3,(H,17,18,19,20). The summed E-state index contributed by atoms with van der Waals surface area (Å²) in [5.41, 5.74) is 1.85. The van der Waals surface area contributed by atoms with Gasteiger partial charge in [-0.2, -0.15) is 15.0 Å². The predicted molar refractivity (Wildman–Crippen MR) is 85.8 cm³/mol. The smallest absolute Gasteiger partial charge is 0.233 e. The van der Waals surface area contributed by atoms with E-state index in [9.17, 15) is 0 Å². The second-order valence-corrected chi connectivity index (χ2v) is 5.78. The summed E-state index contributed by atoms with van der Waals surface area (Å²) in [6.45, 7) is 3.90. The Bertz CT molecular complexity index is 656. The fourth-order valence-corrected chi connectivity index (χ4v) is 2.63. The monoisotopic (exact) mass is 323 g/mol. The lowest BCUT2D eigenvalue weighted by molar-refractivity contribution is 0.883. The largest absolute Gasteiger partial charge is 0.341 e. The number of benzene rings is 1. The molecule has 1 aromatic carbocycles. The Morgan fingerprint density at radius 1 is 1.10 bits per heavy atom. The van der Waals surface area contributed by atoms with Crippen molar-refractivity contribution in [3.05, 3.63) is 34.1 Å². The molecule has 1 saturated heterocycles. The van der Waals surface area contributed by atoms with Gasteiger partial charge in [0.2, 0.25) is 17.2 Å². The summed E-state index contributed by atoms with van der Waals surface area (Å²) in [6, 6.07) is 5.72. The molecule has 0 unspecified atom stereocenters. The van der Waals surface area contributed by atoms with Crippen LogP contribution in [0.25, 0.3) is 0 Å². The summed E-state index contributed by atoms with van der Waals surface area (Å²) in [4.78, 5) is 14.9. The molecule has 3 rings (SSSR count). The summed E-state index contributed by atoms with van der Waals surface area (Å²) >= 11 is 12.2. The van der Waals surface area contributed by atoms with Crippen molar-refractivity contribution in [3.63, 3.8) is 0 Å². The minimum Gasteiger partial charge on any atom is -0.341 e. The molecule has 5 nitrogen and oxygen atoms in total. The zero-order valence-corrected chi connectivity index (χ0v) is 13.1. The van der Waals surface area contributed by atoms with Gasteiger partial charge in [0.1, 0.15) is 0 Å². The number of halogens is 2. The minimum absolute atomic E-state index is 0.179. The molecule has 1 aliphatic rings. The lowest BCUT2D eigenvalue weighted by Crippen LogP contribution is -2.21. The van der Waals surface area contributed by atoms with Crippen molar-refractivity contribution >= 4 is 40.8 Å². The first-order valence-corrected chi connectivity index (χ1v) is 7.57. The van der Waals surface area contributed by atoms with Crippen LogP contribution in [0.2, 0.25) is 10.3 Å². The molecule has 21 heavy (non-hydrogen) atoms. The Labute approximate surface area is 133 Å². The highest BCUT2D eigenvalue weighted by molar-refractivity contribution is 6.33. The van der Waals surface area contributed by atoms with Crippen LogP contribution in [0.15, 0.2) is 18.2 Å². The maximum absolute atomic E-state index is 6.18. The van der Waals surface area contributed by atoms with E-state index < -0.39 is 0 Å². The van der Waals surface area contributed by atoms with E-state index in [1.54, 1.807) is 0 Å². The molecule has 7 heteroatoms. The number of hydrogen-bond donors (Lipinski definition) is 1. The lowest BCUT2D eigenvalue weighted by Gasteiger charge is -2.16. The summed E-state index contributed by atoms with van der Waals surface area (Å²) in [7, 11) is 0. The Morgan fingerprint density at radius 2 is 1.86 bits per heavy atom. The number of nitrogens with one attached hydrogen (secondary N) is 1. The van der Waals surface area contributed by atoms with E-state index in [-0.39, 0.29) is 5.28 Å². The third kappa shape index (κ3) is 3.36. The van der Waals surface area contributed by atoms with Gasteiger partial charge in [0, 0.05) is 13.1 Å². The highest BCUT2D eigenvalue weighted by Crippen LogP contribution is 2.26. The van der Waals surface area contributed by atoms with Crippen molar-refractivity contribution in [1.82, 2.24) is 15.0 Å². The highest BCUT2D eigenvalue weighted by Gasteiger charge is 2.17. The van der Waals surface area contributed by atoms with Gasteiger partial charge in [0.05, 0.1) is 10.7 Å². The summed E-state index contributed by atoms with van der Waals surface area (Å²) in [5, 5.41) is 3.90. The molecule has 0 saturated carbocycles. The molecule has 0 radical (unpaired) electrons. The number of nitrogens with zero attached hydrogens (tertiary/aromatic N) is 4. The molecule has 2 aromatic rings. The zero-order valence-electron chi connectivity index (χ0n) is 11.6. The van der Waals surface area contributed by atoms with Crippen molar-refractivity contribution < 1.29 is 0 Å². The Morgan fingerprint density at radius 3 is 2.62 bits per heavy atom. The van der Waals surface area contributed by atoms with Gasteiger partial charge in [0.25, 0.3) is 0 Å². The summed E-state index contributed by atoms with van der Waals surface area (Å²) in [6.07, 6.45) is 2.30. The van der Waals surface area contributed by atoms with Crippen LogP contribution in [-0.4, -0.2) is 28.0 Å². The lowest BCUT2D eigenvalue weighted by atomic mass is 10.2. The summed E-state index contributed by atoms with van der Waals surface area (Å²) in [5.74, 6) is 1.02. The van der Waals surface area contributed by atoms with Gasteiger partial charge in [-0.1, -0.05) is 17.7 Å². The second kappa shape index (κ2) is 6.03. The minimum atomic E-state index is 0.179. The van der Waals surface area contributed by atoms with Crippen LogP contribution in [0, 0.1) is 6.92 Å². The summed E-state index contributed by atoms with van der Waals surface area (Å²) < 4.78 is 0. The van der Waals surface area contributed by atoms with Gasteiger partial charge in [-0.15, -0.1) is 0 Å². The van der Waals surface area contributed by atoms with E-state index in [0.717, 1.165) is 37.2 Å². The number of hydrogen-bond acceptors (Lipinski definition) is 5. The molecule has 1 aliphatic heterocycles. The SMILES string of the molecule is Cc1ccc(Cl)c(Nc2nc(Cl)nc(N3CCCC3)n2)c1. The zero-order chi connectivity index (χ0) is 14.8. The van der Waals surface area contributed by atoms with E-state index in [0.29, 0.717) is 16.9 Å². The van der Waals surface area contributed by atoms with Crippen molar-refractivity contribution in [2.24, 2.45) is 0 Å². The molecule has 1 aromatic heterocycles. The van der Waals surface area contributed by atoms with E-state index in [1.807, 2.05) is 25.1 Å². The van der Waals surface area contributed by atoms with Gasteiger partial charge in [0.15, 0.2) is 0 Å². The van der Waals surface area contributed by atoms with E-state index in [2.05, 4.69) is 25.2 Å². The quantitative estimate of drug-likeness (QED) is 0.930. The molecule has 0 bridgehead atoms. The third-order valence-corrected chi connectivity index (χ3v) is 3.85. The van der Waals surface area contributed by atoms with E-state index >= 15 is 0 Å². The number of rotatable bonds is 3. The predicted octanol–water partition coefficient (Wildman–Crippen LogP) is 3.83. The first-order chi connectivity index (χ1) is 10.1. The van der Waals surface area contributed by atoms with E-state index in [4.69, 9.17) is 23.2 Å². The van der Waals surface area contributed by atoms with Crippen molar-refractivity contribution in [2.75, 3.05) is 23.3 Å². The third-order valence-electron chi connectivity index (χ3n) is 3.35. The van der Waals surface area contributed by atoms with Crippen LogP contribution in [0.4, 0.5) is 17.6 Å². The van der Waals surface area contributed by atoms with Crippen molar-refractivity contribution in [1.29, 1.82) is 0 Å². The van der Waals surface area contributed by atoms with Crippen molar-refractivity contribution in [3.8, 4) is 0 Å². The van der Waals surface area contributed by atoms with Crippen LogP contribution in [-0.2, 0) is 0 Å². The molecule has 2 heterocycles. The maximum atomic E-state index is 6.18. The molecule has 0 amide bonds. The van der Waals surface area contributed by atoms with Gasteiger partial charge in [-0.05, 0) is 49.1 Å². The van der Waals surface area contributed by atoms with Gasteiger partial charge in [-0.25, -0.2) is 0 Å². The van der Waals surface area contributed by atoms with Crippen LogP contribution >= 0.6 is 23.2 Å². The van der Waals surface area contributed by atoms with Crippen molar-refractivity contribution in [2.45, 2.75) is 19.8 Å². The van der Waals surface area contributed by atoms with Crippen LogP contribution in [0.1, 0.15) is 18.4 Å². The van der Waals surface area contributed by atoms with Crippen LogP contribution < -0.4 is 10.2 Å². The normalized spacial score (nSPS) is 14.5. The Kier molecular flexibility index (Phi) is 4.12. The average Bonchev–Trinajstić information content (AvgIpc) is 2.96. The van der Waals surface area contributed by atoms with Crippen LogP contribution in [0.3, 0.4) is 0 Å². The van der Waals surface area contributed by atoms with E-state index in [1.165, 1.54) is 0 Å². The maximum Gasteiger partial charge on any atom is 0.233 e. The van der Waals surface area contributed by atoms with Crippen LogP contribution in [0.5, 0.6) is 0 Å². The fraction of sp³-hybridized carbons (Fsp3) is 0.357. The molecule has 1 N–H and O–H groups in total. The Hall–Kier alpha value is -1.59. The first-order valence-electron chi connectivity index (χ1n) is 6.81. The van der Waals surface area contributed by atoms with Gasteiger partial charge in [-0.3, -0.25) is 0 Å². The number of aromatic nitrogens is 3. The molecule has 0 aliphatic carbocycles. The topological polar surface area (TPSA) is 53.9 Å². The molecule has 0 atom stereocenters. The van der Waals surface area contributed by atoms with Gasteiger partial charge < -0.3 is 10.2 Å².